The highest BCUT2D eigenvalue weighted by molar-refractivity contribution is 7.80. The molecule has 2 aliphatic heterocycles. The van der Waals surface area contributed by atoms with E-state index in [9.17, 15) is 4.79 Å². The van der Waals surface area contributed by atoms with Crippen molar-refractivity contribution in [3.05, 3.63) is 64.7 Å². The van der Waals surface area contributed by atoms with Gasteiger partial charge in [-0.25, -0.2) is 0 Å². The number of carbonyl (C=O) groups is 1. The smallest absolute Gasteiger partial charge is 0.286 e. The van der Waals surface area contributed by atoms with Gasteiger partial charge >= 0.3 is 0 Å². The lowest BCUT2D eigenvalue weighted by Gasteiger charge is -2.38. The van der Waals surface area contributed by atoms with Crippen LogP contribution in [0, 0.1) is 0 Å². The molecule has 0 spiro atoms. The molecule has 4 nitrogen and oxygen atoms in total. The molecule has 0 amide bonds. The third-order valence-electron chi connectivity index (χ3n) is 4.15. The maximum atomic E-state index is 12.7. The largest absolute Gasteiger partial charge is 0.332 e. The monoisotopic (exact) mass is 345 g/mol. The lowest BCUT2D eigenvalue weighted by molar-refractivity contribution is -0.215. The summed E-state index contributed by atoms with van der Waals surface area (Å²) in [5.41, 5.74) is 1.98. The molecule has 0 aromatic heterocycles. The molecule has 23 heavy (non-hydrogen) atoms. The first-order valence-corrected chi connectivity index (χ1v) is 7.83. The molecule has 4 rings (SSSR count). The Morgan fingerprint density at radius 3 is 2.61 bits per heavy atom. The number of anilines is 1. The van der Waals surface area contributed by atoms with Gasteiger partial charge in [0.05, 0.1) is 0 Å². The Morgan fingerprint density at radius 2 is 1.91 bits per heavy atom. The fraction of sp³-hybridized carbons (Fsp3) is 0.176. The molecule has 1 fully saturated rings. The number of methoxy groups -OCH3 is 1. The number of nitrogens with zero attached hydrogens (tertiary/aromatic N) is 1. The van der Waals surface area contributed by atoms with Gasteiger partial charge < -0.3 is 9.47 Å². The highest BCUT2D eigenvalue weighted by atomic mass is 35.5. The van der Waals surface area contributed by atoms with Crippen molar-refractivity contribution in [2.45, 2.75) is 12.0 Å². The van der Waals surface area contributed by atoms with Crippen LogP contribution in [-0.4, -0.2) is 24.0 Å². The Bertz CT molecular complexity index is 823. The van der Waals surface area contributed by atoms with E-state index in [0.29, 0.717) is 21.1 Å². The van der Waals surface area contributed by atoms with Crippen molar-refractivity contribution in [3.8, 4) is 0 Å². The number of halogens is 1. The fourth-order valence-electron chi connectivity index (χ4n) is 3.13. The minimum absolute atomic E-state index is 0.144. The molecule has 116 valence electrons. The van der Waals surface area contributed by atoms with Crippen LogP contribution in [0.15, 0.2) is 48.5 Å². The first-order valence-electron chi connectivity index (χ1n) is 7.05. The minimum atomic E-state index is -1.24. The minimum Gasteiger partial charge on any atom is -0.332 e. The summed E-state index contributed by atoms with van der Waals surface area (Å²) in [5, 5.41) is 0.616. The number of fused-ring (bicyclic) bond motifs is 4. The van der Waals surface area contributed by atoms with E-state index in [1.54, 1.807) is 30.2 Å². The Kier molecular flexibility index (Phi) is 3.28. The molecule has 0 saturated carbocycles. The number of ether oxygens (including phenoxy) is 2. The zero-order chi connectivity index (χ0) is 16.2. The highest BCUT2D eigenvalue weighted by Crippen LogP contribution is 2.47. The number of carbonyl (C=O) groups excluding carboxylic acids is 1. The highest BCUT2D eigenvalue weighted by Gasteiger charge is 2.60. The summed E-state index contributed by atoms with van der Waals surface area (Å²) in [6.45, 7) is 0. The van der Waals surface area contributed by atoms with Crippen molar-refractivity contribution in [1.82, 2.24) is 0 Å². The second-order valence-corrected chi connectivity index (χ2v) is 6.20. The first-order chi connectivity index (χ1) is 11.1. The number of benzene rings is 2. The van der Waals surface area contributed by atoms with E-state index < -0.39 is 12.0 Å². The molecule has 2 heterocycles. The van der Waals surface area contributed by atoms with E-state index >= 15 is 0 Å². The molecular formula is C17H12ClNO3S. The lowest BCUT2D eigenvalue weighted by Crippen LogP contribution is -2.46. The third-order valence-corrected chi connectivity index (χ3v) is 4.80. The van der Waals surface area contributed by atoms with Gasteiger partial charge in [-0.15, -0.1) is 0 Å². The predicted octanol–water partition coefficient (Wildman–Crippen LogP) is 3.53. The zero-order valence-corrected chi connectivity index (χ0v) is 13.7. The number of thiocarbonyl (C=S) groups is 1. The number of ketones is 1. The van der Waals surface area contributed by atoms with Crippen molar-refractivity contribution < 1.29 is 14.3 Å². The zero-order valence-electron chi connectivity index (χ0n) is 12.2. The molecule has 6 heteroatoms. The second-order valence-electron chi connectivity index (χ2n) is 5.34. The number of hydrogen-bond acceptors (Lipinski definition) is 4. The standard InChI is InChI=1S/C17H12ClNO3S/c1-21-17-13-5-3-2-4-12(13)14(20)15(22-17)16(23)19(17)11-8-6-10(18)7-9-11/h2-9,15H,1H3. The molecule has 0 N–H and O–H groups in total. The Morgan fingerprint density at radius 1 is 1.22 bits per heavy atom. The van der Waals surface area contributed by atoms with E-state index in [4.69, 9.17) is 33.3 Å². The number of hydrogen-bond donors (Lipinski definition) is 0. The van der Waals surface area contributed by atoms with Gasteiger partial charge in [0.25, 0.3) is 5.91 Å². The van der Waals surface area contributed by atoms with Gasteiger partial charge in [-0.1, -0.05) is 48.1 Å². The summed E-state index contributed by atoms with van der Waals surface area (Å²) >= 11 is 11.5. The predicted molar refractivity (Wildman–Crippen MR) is 90.9 cm³/mol. The lowest BCUT2D eigenvalue weighted by atomic mass is 9.97. The SMILES string of the molecule is COC12OC(C(=O)c3ccccc31)C(=S)N2c1ccc(Cl)cc1. The van der Waals surface area contributed by atoms with E-state index in [-0.39, 0.29) is 5.78 Å². The average Bonchev–Trinajstić information content (AvgIpc) is 2.85. The topological polar surface area (TPSA) is 38.8 Å². The molecule has 2 aromatic carbocycles. The Balaban J connectivity index is 1.96. The molecule has 2 atom stereocenters. The maximum absolute atomic E-state index is 12.7. The van der Waals surface area contributed by atoms with Gasteiger partial charge in [-0.05, 0) is 24.3 Å². The van der Waals surface area contributed by atoms with Gasteiger partial charge in [0.2, 0.25) is 0 Å². The molecule has 2 aromatic rings. The van der Waals surface area contributed by atoms with E-state index in [2.05, 4.69) is 0 Å². The molecule has 2 unspecified atom stereocenters. The normalized spacial score (nSPS) is 25.7. The molecule has 2 aliphatic rings. The van der Waals surface area contributed by atoms with Crippen LogP contribution in [0.5, 0.6) is 0 Å². The number of Topliss-reactive ketones (excluding diaryl/α,β-unsaturated/α-hetero) is 1. The van der Waals surface area contributed by atoms with Crippen LogP contribution in [0.4, 0.5) is 5.69 Å². The van der Waals surface area contributed by atoms with Crippen molar-refractivity contribution in [2.24, 2.45) is 0 Å². The van der Waals surface area contributed by atoms with Gasteiger partial charge in [0.15, 0.2) is 11.9 Å². The molecule has 1 saturated heterocycles. The van der Waals surface area contributed by atoms with Crippen LogP contribution in [0.2, 0.25) is 5.02 Å². The second kappa shape index (κ2) is 5.11. The van der Waals surface area contributed by atoms with Gasteiger partial charge in [-0.2, -0.15) is 0 Å². The van der Waals surface area contributed by atoms with Gasteiger partial charge in [-0.3, -0.25) is 9.69 Å². The summed E-state index contributed by atoms with van der Waals surface area (Å²) in [6, 6.07) is 14.4. The van der Waals surface area contributed by atoms with Gasteiger partial charge in [0.1, 0.15) is 4.99 Å². The molecule has 0 aliphatic carbocycles. The maximum Gasteiger partial charge on any atom is 0.286 e. The summed E-state index contributed by atoms with van der Waals surface area (Å²) in [6.07, 6.45) is -0.824. The van der Waals surface area contributed by atoms with Crippen LogP contribution in [0.1, 0.15) is 15.9 Å². The Labute approximate surface area is 143 Å². The van der Waals surface area contributed by atoms with Crippen LogP contribution < -0.4 is 4.90 Å². The Hall–Kier alpha value is -1.79. The summed E-state index contributed by atoms with van der Waals surface area (Å²) in [4.78, 5) is 14.8. The van der Waals surface area contributed by atoms with Crippen molar-refractivity contribution >= 4 is 40.3 Å². The van der Waals surface area contributed by atoms with Crippen LogP contribution in [-0.2, 0) is 15.4 Å². The summed E-state index contributed by atoms with van der Waals surface area (Å²) in [5.74, 6) is -1.38. The fourth-order valence-corrected chi connectivity index (χ4v) is 3.63. The van der Waals surface area contributed by atoms with E-state index in [1.165, 1.54) is 0 Å². The van der Waals surface area contributed by atoms with Crippen molar-refractivity contribution in [1.29, 1.82) is 0 Å². The summed E-state index contributed by atoms with van der Waals surface area (Å²) in [7, 11) is 1.54. The van der Waals surface area contributed by atoms with Gasteiger partial charge in [0, 0.05) is 28.9 Å². The van der Waals surface area contributed by atoms with Crippen molar-refractivity contribution in [2.75, 3.05) is 12.0 Å². The van der Waals surface area contributed by atoms with E-state index in [1.807, 2.05) is 30.3 Å². The first kappa shape index (κ1) is 14.8. The average molecular weight is 346 g/mol. The van der Waals surface area contributed by atoms with E-state index in [0.717, 1.165) is 5.69 Å². The van der Waals surface area contributed by atoms with Crippen LogP contribution in [0.3, 0.4) is 0 Å². The molecule has 0 radical (unpaired) electrons. The quantitative estimate of drug-likeness (QED) is 0.779. The third kappa shape index (κ3) is 1.91. The number of rotatable bonds is 2. The molecular weight excluding hydrogens is 334 g/mol. The van der Waals surface area contributed by atoms with Crippen LogP contribution >= 0.6 is 23.8 Å². The van der Waals surface area contributed by atoms with Crippen LogP contribution in [0.25, 0.3) is 0 Å². The summed E-state index contributed by atoms with van der Waals surface area (Å²) < 4.78 is 11.7. The van der Waals surface area contributed by atoms with Crippen molar-refractivity contribution in [3.63, 3.8) is 0 Å². The molecule has 2 bridgehead atoms.